The minimum absolute atomic E-state index is 0.0880. The molecule has 2 nitrogen and oxygen atoms in total. The van der Waals surface area contributed by atoms with E-state index in [1.165, 1.54) is 18.2 Å². The quantitative estimate of drug-likeness (QED) is 0.443. The molecule has 0 radical (unpaired) electrons. The van der Waals surface area contributed by atoms with E-state index in [2.05, 4.69) is 4.99 Å². The van der Waals surface area contributed by atoms with Crippen LogP contribution in [0.25, 0.3) is 11.1 Å². The van der Waals surface area contributed by atoms with E-state index >= 15 is 0 Å². The maximum Gasteiger partial charge on any atom is 0.416 e. The molecule has 30 heavy (non-hydrogen) atoms. The van der Waals surface area contributed by atoms with Crippen LogP contribution < -0.4 is 0 Å². The van der Waals surface area contributed by atoms with Crippen molar-refractivity contribution in [2.24, 2.45) is 4.99 Å². The molecule has 0 saturated carbocycles. The standard InChI is InChI=1S/C23H16F5NO/c1-13-21(29-22(30-13)20-18(24)3-2-4-19(20)25)16-7-5-14(6-8-16)15-9-11-17(12-10-15)23(26,27)28/h2-13,21H,1H3/t13-,21+/m1/s1. The van der Waals surface area contributed by atoms with Crippen LogP contribution in [0.4, 0.5) is 22.0 Å². The third kappa shape index (κ3) is 3.79. The third-order valence-corrected chi connectivity index (χ3v) is 4.97. The molecule has 0 amide bonds. The molecule has 0 unspecified atom stereocenters. The number of aliphatic imine (C=N–C) groups is 1. The summed E-state index contributed by atoms with van der Waals surface area (Å²) in [5.74, 6) is -1.59. The van der Waals surface area contributed by atoms with Crippen LogP contribution >= 0.6 is 0 Å². The molecule has 0 aromatic heterocycles. The molecule has 1 heterocycles. The number of ether oxygens (including phenoxy) is 1. The van der Waals surface area contributed by atoms with Crippen molar-refractivity contribution in [2.75, 3.05) is 0 Å². The molecule has 7 heteroatoms. The largest absolute Gasteiger partial charge is 0.472 e. The molecule has 0 N–H and O–H groups in total. The summed E-state index contributed by atoms with van der Waals surface area (Å²) in [6.07, 6.45) is -4.81. The van der Waals surface area contributed by atoms with Crippen molar-refractivity contribution in [3.8, 4) is 11.1 Å². The van der Waals surface area contributed by atoms with Crippen LogP contribution in [0.5, 0.6) is 0 Å². The molecule has 0 bridgehead atoms. The molecule has 3 aromatic carbocycles. The van der Waals surface area contributed by atoms with Gasteiger partial charge in [-0.05, 0) is 47.9 Å². The van der Waals surface area contributed by atoms with E-state index in [-0.39, 0.29) is 11.5 Å². The Morgan fingerprint density at radius 2 is 1.33 bits per heavy atom. The lowest BCUT2D eigenvalue weighted by atomic mass is 9.98. The fourth-order valence-electron chi connectivity index (χ4n) is 3.40. The molecule has 0 saturated heterocycles. The first-order valence-electron chi connectivity index (χ1n) is 9.20. The lowest BCUT2D eigenvalue weighted by molar-refractivity contribution is -0.137. The van der Waals surface area contributed by atoms with Crippen molar-refractivity contribution >= 4 is 5.90 Å². The molecule has 0 spiro atoms. The summed E-state index contributed by atoms with van der Waals surface area (Å²) in [6.45, 7) is 1.75. The second-order valence-corrected chi connectivity index (χ2v) is 7.00. The average Bonchev–Trinajstić information content (AvgIpc) is 3.08. The first kappa shape index (κ1) is 20.1. The van der Waals surface area contributed by atoms with Gasteiger partial charge in [-0.25, -0.2) is 13.8 Å². The molecule has 154 valence electrons. The average molecular weight is 417 g/mol. The van der Waals surface area contributed by atoms with E-state index in [1.807, 2.05) is 0 Å². The van der Waals surface area contributed by atoms with E-state index in [9.17, 15) is 22.0 Å². The van der Waals surface area contributed by atoms with Gasteiger partial charge in [0.15, 0.2) is 0 Å². The normalized spacial score (nSPS) is 18.8. The first-order valence-corrected chi connectivity index (χ1v) is 9.20. The number of hydrogen-bond acceptors (Lipinski definition) is 2. The molecule has 3 aromatic rings. The second-order valence-electron chi connectivity index (χ2n) is 7.00. The summed E-state index contributed by atoms with van der Waals surface area (Å²) < 4.78 is 71.8. The van der Waals surface area contributed by atoms with Crippen molar-refractivity contribution in [1.82, 2.24) is 0 Å². The van der Waals surface area contributed by atoms with Gasteiger partial charge in [-0.1, -0.05) is 42.5 Å². The van der Waals surface area contributed by atoms with Crippen LogP contribution in [0.3, 0.4) is 0 Å². The predicted molar refractivity (Wildman–Crippen MR) is 103 cm³/mol. The van der Waals surface area contributed by atoms with Gasteiger partial charge in [-0.3, -0.25) is 0 Å². The molecule has 1 aliphatic rings. The molecular formula is C23H16F5NO. The molecule has 1 aliphatic heterocycles. The summed E-state index contributed by atoms with van der Waals surface area (Å²) in [5.41, 5.74) is 1.14. The summed E-state index contributed by atoms with van der Waals surface area (Å²) in [4.78, 5) is 4.36. The highest BCUT2D eigenvalue weighted by Crippen LogP contribution is 2.34. The van der Waals surface area contributed by atoms with Gasteiger partial charge in [0.1, 0.15) is 29.3 Å². The number of hydrogen-bond donors (Lipinski definition) is 0. The Morgan fingerprint density at radius 3 is 1.87 bits per heavy atom. The topological polar surface area (TPSA) is 21.6 Å². The van der Waals surface area contributed by atoms with Gasteiger partial charge >= 0.3 is 6.18 Å². The van der Waals surface area contributed by atoms with Gasteiger partial charge in [-0.2, -0.15) is 13.2 Å². The monoisotopic (exact) mass is 417 g/mol. The molecule has 0 aliphatic carbocycles. The van der Waals surface area contributed by atoms with Crippen LogP contribution in [0, 0.1) is 11.6 Å². The highest BCUT2D eigenvalue weighted by Gasteiger charge is 2.32. The second kappa shape index (κ2) is 7.55. The van der Waals surface area contributed by atoms with Crippen molar-refractivity contribution in [1.29, 1.82) is 0 Å². The number of halogens is 5. The fraction of sp³-hybridized carbons (Fsp3) is 0.174. The van der Waals surface area contributed by atoms with Crippen LogP contribution in [-0.2, 0) is 10.9 Å². The molecular weight excluding hydrogens is 401 g/mol. The summed E-state index contributed by atoms with van der Waals surface area (Å²) in [6, 6.07) is 15.1. The highest BCUT2D eigenvalue weighted by molar-refractivity contribution is 5.96. The zero-order valence-electron chi connectivity index (χ0n) is 15.8. The summed E-state index contributed by atoms with van der Waals surface area (Å²) >= 11 is 0. The third-order valence-electron chi connectivity index (χ3n) is 4.97. The van der Waals surface area contributed by atoms with Crippen LogP contribution in [0.1, 0.15) is 29.7 Å². The van der Waals surface area contributed by atoms with Crippen molar-refractivity contribution in [2.45, 2.75) is 25.2 Å². The van der Waals surface area contributed by atoms with E-state index in [0.717, 1.165) is 35.4 Å². The van der Waals surface area contributed by atoms with Crippen LogP contribution in [0.2, 0.25) is 0 Å². The number of alkyl halides is 3. The Morgan fingerprint density at radius 1 is 0.800 bits per heavy atom. The maximum atomic E-state index is 14.0. The van der Waals surface area contributed by atoms with Gasteiger partial charge in [0.2, 0.25) is 5.90 Å². The maximum absolute atomic E-state index is 14.0. The smallest absolute Gasteiger partial charge is 0.416 e. The Kier molecular flexibility index (Phi) is 5.05. The van der Waals surface area contributed by atoms with Gasteiger partial charge in [0.25, 0.3) is 0 Å². The van der Waals surface area contributed by atoms with E-state index < -0.39 is 35.5 Å². The zero-order chi connectivity index (χ0) is 21.5. The number of nitrogens with zero attached hydrogens (tertiary/aromatic N) is 1. The summed E-state index contributed by atoms with van der Waals surface area (Å²) in [7, 11) is 0. The zero-order valence-corrected chi connectivity index (χ0v) is 15.8. The van der Waals surface area contributed by atoms with E-state index in [0.29, 0.717) is 5.56 Å². The van der Waals surface area contributed by atoms with Crippen LogP contribution in [-0.4, -0.2) is 12.0 Å². The Hall–Kier alpha value is -3.22. The number of benzene rings is 3. The van der Waals surface area contributed by atoms with Crippen molar-refractivity contribution in [3.63, 3.8) is 0 Å². The fourth-order valence-corrected chi connectivity index (χ4v) is 3.40. The summed E-state index contributed by atoms with van der Waals surface area (Å²) in [5, 5.41) is 0. The van der Waals surface area contributed by atoms with E-state index in [1.54, 1.807) is 31.2 Å². The minimum atomic E-state index is -4.38. The highest BCUT2D eigenvalue weighted by atomic mass is 19.4. The lowest BCUT2D eigenvalue weighted by Crippen LogP contribution is -2.14. The van der Waals surface area contributed by atoms with Crippen LogP contribution in [0.15, 0.2) is 71.7 Å². The predicted octanol–water partition coefficient (Wildman–Crippen LogP) is 6.56. The van der Waals surface area contributed by atoms with Gasteiger partial charge in [0.05, 0.1) is 5.56 Å². The van der Waals surface area contributed by atoms with Gasteiger partial charge in [0, 0.05) is 0 Å². The SMILES string of the molecule is C[C@H]1OC(c2c(F)cccc2F)=N[C@@H]1c1ccc(-c2ccc(C(F)(F)F)cc2)cc1. The van der Waals surface area contributed by atoms with E-state index in [4.69, 9.17) is 4.74 Å². The Bertz CT molecular complexity index is 1070. The molecule has 0 fully saturated rings. The Balaban J connectivity index is 1.59. The van der Waals surface area contributed by atoms with Crippen molar-refractivity contribution in [3.05, 3.63) is 95.1 Å². The minimum Gasteiger partial charge on any atom is -0.472 e. The van der Waals surface area contributed by atoms with Crippen molar-refractivity contribution < 1.29 is 26.7 Å². The first-order chi connectivity index (χ1) is 14.2. The molecule has 2 atom stereocenters. The molecule has 4 rings (SSSR count). The van der Waals surface area contributed by atoms with Gasteiger partial charge in [-0.15, -0.1) is 0 Å². The van der Waals surface area contributed by atoms with Gasteiger partial charge < -0.3 is 4.74 Å². The number of rotatable bonds is 3. The lowest BCUT2D eigenvalue weighted by Gasteiger charge is -2.14. The Labute approximate surface area is 169 Å².